The predicted octanol–water partition coefficient (Wildman–Crippen LogP) is 1.74. The van der Waals surface area contributed by atoms with Gasteiger partial charge < -0.3 is 15.0 Å². The van der Waals surface area contributed by atoms with E-state index >= 15 is 0 Å². The number of benzene rings is 1. The number of methoxy groups -OCH3 is 1. The number of ether oxygens (including phenoxy) is 1. The van der Waals surface area contributed by atoms with E-state index in [9.17, 15) is 9.59 Å². The first-order valence-corrected chi connectivity index (χ1v) is 8.56. The van der Waals surface area contributed by atoms with Gasteiger partial charge in [-0.1, -0.05) is 18.2 Å². The highest BCUT2D eigenvalue weighted by molar-refractivity contribution is 5.93. The summed E-state index contributed by atoms with van der Waals surface area (Å²) in [5.74, 6) is 0.308. The minimum atomic E-state index is -0.444. The number of pyridine rings is 1. The monoisotopic (exact) mass is 366 g/mol. The summed E-state index contributed by atoms with van der Waals surface area (Å²) in [6.45, 7) is 0.343. The molecule has 0 aliphatic carbocycles. The van der Waals surface area contributed by atoms with Gasteiger partial charge >= 0.3 is 0 Å². The molecule has 0 saturated heterocycles. The van der Waals surface area contributed by atoms with Crippen molar-refractivity contribution in [3.8, 4) is 5.75 Å². The fraction of sp³-hybridized carbons (Fsp3) is 0.250. The van der Waals surface area contributed by atoms with Gasteiger partial charge in [0.25, 0.3) is 11.5 Å². The highest BCUT2D eigenvalue weighted by Crippen LogP contribution is 2.22. The fourth-order valence-electron chi connectivity index (χ4n) is 2.91. The van der Waals surface area contributed by atoms with Gasteiger partial charge in [-0.05, 0) is 43.9 Å². The van der Waals surface area contributed by atoms with Gasteiger partial charge in [0, 0.05) is 18.9 Å². The van der Waals surface area contributed by atoms with Crippen LogP contribution in [0.1, 0.15) is 22.0 Å². The zero-order valence-corrected chi connectivity index (χ0v) is 15.5. The quantitative estimate of drug-likeness (QED) is 0.719. The Labute approximate surface area is 157 Å². The number of carbonyl (C=O) groups is 1. The molecule has 3 rings (SSSR count). The lowest BCUT2D eigenvalue weighted by Gasteiger charge is -2.25. The van der Waals surface area contributed by atoms with Crippen LogP contribution in [0.15, 0.2) is 59.7 Å². The van der Waals surface area contributed by atoms with Crippen molar-refractivity contribution in [3.05, 3.63) is 76.3 Å². The topological polar surface area (TPSA) is 75.9 Å². The van der Waals surface area contributed by atoms with Crippen LogP contribution < -0.4 is 15.6 Å². The van der Waals surface area contributed by atoms with E-state index in [1.165, 1.54) is 10.6 Å². The number of rotatable bonds is 6. The molecule has 140 valence electrons. The molecule has 1 aromatic carbocycles. The van der Waals surface area contributed by atoms with Crippen molar-refractivity contribution in [1.29, 1.82) is 0 Å². The van der Waals surface area contributed by atoms with E-state index < -0.39 is 5.91 Å². The zero-order chi connectivity index (χ0) is 19.4. The third kappa shape index (κ3) is 3.98. The second-order valence-corrected chi connectivity index (χ2v) is 6.37. The first-order valence-electron chi connectivity index (χ1n) is 8.56. The van der Waals surface area contributed by atoms with Crippen LogP contribution in [0.2, 0.25) is 0 Å². The maximum atomic E-state index is 12.6. The van der Waals surface area contributed by atoms with E-state index in [-0.39, 0.29) is 17.2 Å². The first kappa shape index (κ1) is 18.6. The largest absolute Gasteiger partial charge is 0.497 e. The Kier molecular flexibility index (Phi) is 5.52. The fourth-order valence-corrected chi connectivity index (χ4v) is 2.91. The lowest BCUT2D eigenvalue weighted by Crippen LogP contribution is -2.37. The molecule has 2 heterocycles. The molecule has 0 fully saturated rings. The van der Waals surface area contributed by atoms with Crippen LogP contribution in [0.5, 0.6) is 5.75 Å². The van der Waals surface area contributed by atoms with E-state index in [1.54, 1.807) is 31.5 Å². The van der Waals surface area contributed by atoms with Crippen molar-refractivity contribution in [1.82, 2.24) is 19.6 Å². The third-order valence-corrected chi connectivity index (χ3v) is 4.42. The Hall–Kier alpha value is -3.19. The predicted molar refractivity (Wildman–Crippen MR) is 103 cm³/mol. The first-order chi connectivity index (χ1) is 13.0. The molecule has 0 radical (unpaired) electrons. The average Bonchev–Trinajstić information content (AvgIpc) is 2.68. The van der Waals surface area contributed by atoms with Gasteiger partial charge in [0.1, 0.15) is 17.0 Å². The molecule has 0 aliphatic rings. The molecule has 1 amide bonds. The highest BCUT2D eigenvalue weighted by Gasteiger charge is 2.18. The molecule has 2 aromatic heterocycles. The number of fused-ring (bicyclic) bond motifs is 1. The molecule has 7 nitrogen and oxygen atoms in total. The average molecular weight is 366 g/mol. The Morgan fingerprint density at radius 1 is 1.26 bits per heavy atom. The SMILES string of the molecule is COc1cccc(C(CNC(=O)c2cnc3ccccn3c2=O)N(C)C)c1. The van der Waals surface area contributed by atoms with Crippen molar-refractivity contribution in [3.63, 3.8) is 0 Å². The third-order valence-electron chi connectivity index (χ3n) is 4.42. The molecule has 0 saturated carbocycles. The van der Waals surface area contributed by atoms with Crippen LogP contribution in [-0.2, 0) is 0 Å². The molecular formula is C20H22N4O3. The van der Waals surface area contributed by atoms with Crippen molar-refractivity contribution in [2.45, 2.75) is 6.04 Å². The van der Waals surface area contributed by atoms with Crippen molar-refractivity contribution in [2.24, 2.45) is 0 Å². The summed E-state index contributed by atoms with van der Waals surface area (Å²) in [6.07, 6.45) is 2.92. The van der Waals surface area contributed by atoms with E-state index in [0.717, 1.165) is 11.3 Å². The van der Waals surface area contributed by atoms with Gasteiger partial charge in [-0.3, -0.25) is 14.0 Å². The van der Waals surface area contributed by atoms with E-state index in [0.29, 0.717) is 12.2 Å². The number of hydrogen-bond donors (Lipinski definition) is 1. The van der Waals surface area contributed by atoms with Gasteiger partial charge in [0.05, 0.1) is 13.2 Å². The standard InChI is InChI=1S/C20H22N4O3/c1-23(2)17(14-7-6-8-15(11-14)27-3)13-22-19(25)16-12-21-18-9-4-5-10-24(18)20(16)26/h4-12,17H,13H2,1-3H3,(H,22,25). The summed E-state index contributed by atoms with van der Waals surface area (Å²) >= 11 is 0. The van der Waals surface area contributed by atoms with Gasteiger partial charge in [-0.25, -0.2) is 4.98 Å². The lowest BCUT2D eigenvalue weighted by atomic mass is 10.1. The molecular weight excluding hydrogens is 344 g/mol. The number of aromatic nitrogens is 2. The van der Waals surface area contributed by atoms with E-state index in [2.05, 4.69) is 10.3 Å². The molecule has 0 spiro atoms. The summed E-state index contributed by atoms with van der Waals surface area (Å²) in [5.41, 5.74) is 1.14. The second-order valence-electron chi connectivity index (χ2n) is 6.37. The number of likely N-dealkylation sites (N-methyl/N-ethyl adjacent to an activating group) is 1. The van der Waals surface area contributed by atoms with Gasteiger partial charge in [0.2, 0.25) is 0 Å². The van der Waals surface area contributed by atoms with Crippen LogP contribution in [0.3, 0.4) is 0 Å². The van der Waals surface area contributed by atoms with Crippen molar-refractivity contribution in [2.75, 3.05) is 27.7 Å². The summed E-state index contributed by atoms with van der Waals surface area (Å²) in [5, 5.41) is 2.85. The number of carbonyl (C=O) groups excluding carboxylic acids is 1. The summed E-state index contributed by atoms with van der Waals surface area (Å²) in [4.78, 5) is 31.3. The molecule has 27 heavy (non-hydrogen) atoms. The molecule has 3 aromatic rings. The number of nitrogens with one attached hydrogen (secondary N) is 1. The second kappa shape index (κ2) is 8.01. The van der Waals surface area contributed by atoms with E-state index in [1.807, 2.05) is 43.3 Å². The molecule has 7 heteroatoms. The Morgan fingerprint density at radius 2 is 2.07 bits per heavy atom. The minimum absolute atomic E-state index is 0.0156. The molecule has 0 aliphatic heterocycles. The summed E-state index contributed by atoms with van der Waals surface area (Å²) < 4.78 is 6.64. The number of amides is 1. The van der Waals surface area contributed by atoms with Crippen molar-refractivity contribution >= 4 is 11.6 Å². The Balaban J connectivity index is 1.80. The maximum absolute atomic E-state index is 12.6. The van der Waals surface area contributed by atoms with Crippen LogP contribution >= 0.6 is 0 Å². The Morgan fingerprint density at radius 3 is 2.81 bits per heavy atom. The molecule has 1 atom stereocenters. The molecule has 0 bridgehead atoms. The molecule has 1 N–H and O–H groups in total. The van der Waals surface area contributed by atoms with Gasteiger partial charge in [-0.2, -0.15) is 0 Å². The van der Waals surface area contributed by atoms with Crippen LogP contribution in [0, 0.1) is 0 Å². The number of nitrogens with zero attached hydrogens (tertiary/aromatic N) is 3. The van der Waals surface area contributed by atoms with Crippen LogP contribution in [0.4, 0.5) is 0 Å². The molecule has 1 unspecified atom stereocenters. The van der Waals surface area contributed by atoms with Crippen LogP contribution in [0.25, 0.3) is 5.65 Å². The maximum Gasteiger partial charge on any atom is 0.270 e. The number of hydrogen-bond acceptors (Lipinski definition) is 5. The van der Waals surface area contributed by atoms with Gasteiger partial charge in [0.15, 0.2) is 0 Å². The van der Waals surface area contributed by atoms with Crippen molar-refractivity contribution < 1.29 is 9.53 Å². The van der Waals surface area contributed by atoms with Gasteiger partial charge in [-0.15, -0.1) is 0 Å². The smallest absolute Gasteiger partial charge is 0.270 e. The van der Waals surface area contributed by atoms with Crippen LogP contribution in [-0.4, -0.2) is 47.9 Å². The summed E-state index contributed by atoms with van der Waals surface area (Å²) in [7, 11) is 5.48. The summed E-state index contributed by atoms with van der Waals surface area (Å²) in [6, 6.07) is 12.9. The normalized spacial score (nSPS) is 12.1. The Bertz CT molecular complexity index is 1010. The highest BCUT2D eigenvalue weighted by atomic mass is 16.5. The van der Waals surface area contributed by atoms with E-state index in [4.69, 9.17) is 4.74 Å². The lowest BCUT2D eigenvalue weighted by molar-refractivity contribution is 0.0940. The zero-order valence-electron chi connectivity index (χ0n) is 15.5. The minimum Gasteiger partial charge on any atom is -0.497 e.